The lowest BCUT2D eigenvalue weighted by Crippen LogP contribution is -2.30. The number of nitrogens with zero attached hydrogens (tertiary/aromatic N) is 2. The Morgan fingerprint density at radius 1 is 1.31 bits per heavy atom. The Kier molecular flexibility index (Phi) is 5.65. The van der Waals surface area contributed by atoms with Gasteiger partial charge in [-0.15, -0.1) is 11.3 Å². The first-order valence-electron chi connectivity index (χ1n) is 10.8. The maximum Gasteiger partial charge on any atom is 0.261 e. The van der Waals surface area contributed by atoms with E-state index in [1.165, 1.54) is 29.0 Å². The molecule has 1 N–H and O–H groups in total. The van der Waals surface area contributed by atoms with E-state index < -0.39 is 0 Å². The SMILES string of the molecule is CC(C)(C)C1CCc2nc3sc(C(=O)NCCCN4CCCC4=O)cc3cc2C1. The van der Waals surface area contributed by atoms with Gasteiger partial charge in [-0.25, -0.2) is 4.98 Å². The molecule has 0 radical (unpaired) electrons. The summed E-state index contributed by atoms with van der Waals surface area (Å²) in [6.45, 7) is 9.14. The smallest absolute Gasteiger partial charge is 0.261 e. The predicted molar refractivity (Wildman–Crippen MR) is 117 cm³/mol. The van der Waals surface area contributed by atoms with Gasteiger partial charge < -0.3 is 10.2 Å². The quantitative estimate of drug-likeness (QED) is 0.748. The Morgan fingerprint density at radius 3 is 2.86 bits per heavy atom. The van der Waals surface area contributed by atoms with Crippen LogP contribution in [0.4, 0.5) is 0 Å². The lowest BCUT2D eigenvalue weighted by molar-refractivity contribution is -0.127. The zero-order chi connectivity index (χ0) is 20.6. The number of aryl methyl sites for hydroxylation is 1. The highest BCUT2D eigenvalue weighted by molar-refractivity contribution is 7.20. The van der Waals surface area contributed by atoms with Gasteiger partial charge in [0.05, 0.1) is 4.88 Å². The van der Waals surface area contributed by atoms with Crippen LogP contribution in [0.15, 0.2) is 12.1 Å². The van der Waals surface area contributed by atoms with Crippen molar-refractivity contribution in [3.63, 3.8) is 0 Å². The summed E-state index contributed by atoms with van der Waals surface area (Å²) in [4.78, 5) is 32.7. The number of likely N-dealkylation sites (tertiary alicyclic amines) is 1. The standard InChI is InChI=1S/C23H31N3O2S/c1-23(2,3)17-7-8-18-15(13-17)12-16-14-19(29-22(16)25-18)21(28)24-9-5-11-26-10-4-6-20(26)27/h12,14,17H,4-11,13H2,1-3H3,(H,24,28). The number of pyridine rings is 1. The van der Waals surface area contributed by atoms with E-state index >= 15 is 0 Å². The predicted octanol–water partition coefficient (Wildman–Crippen LogP) is 4.19. The van der Waals surface area contributed by atoms with Crippen molar-refractivity contribution in [2.24, 2.45) is 11.3 Å². The monoisotopic (exact) mass is 413 g/mol. The summed E-state index contributed by atoms with van der Waals surface area (Å²) in [6, 6.07) is 4.23. The lowest BCUT2D eigenvalue weighted by Gasteiger charge is -2.34. The third kappa shape index (κ3) is 4.47. The Bertz CT molecular complexity index is 928. The Morgan fingerprint density at radius 2 is 2.14 bits per heavy atom. The third-order valence-corrected chi connectivity index (χ3v) is 7.43. The van der Waals surface area contributed by atoms with E-state index in [0.717, 1.165) is 53.9 Å². The molecule has 2 amide bonds. The molecule has 1 fully saturated rings. The Balaban J connectivity index is 1.38. The van der Waals surface area contributed by atoms with Crippen molar-refractivity contribution in [1.29, 1.82) is 0 Å². The van der Waals surface area contributed by atoms with Crippen molar-refractivity contribution < 1.29 is 9.59 Å². The first kappa shape index (κ1) is 20.3. The number of carbonyl (C=O) groups is 2. The van der Waals surface area contributed by atoms with Crippen molar-refractivity contribution in [2.75, 3.05) is 19.6 Å². The summed E-state index contributed by atoms with van der Waals surface area (Å²) in [5.74, 6) is 0.883. The van der Waals surface area contributed by atoms with Crippen LogP contribution in [0, 0.1) is 11.3 Å². The molecule has 4 rings (SSSR count). The van der Waals surface area contributed by atoms with Gasteiger partial charge in [0, 0.05) is 37.1 Å². The molecule has 6 heteroatoms. The average molecular weight is 414 g/mol. The van der Waals surface area contributed by atoms with Crippen LogP contribution in [-0.2, 0) is 17.6 Å². The van der Waals surface area contributed by atoms with Gasteiger partial charge in [0.15, 0.2) is 0 Å². The summed E-state index contributed by atoms with van der Waals surface area (Å²) in [7, 11) is 0. The summed E-state index contributed by atoms with van der Waals surface area (Å²) in [5, 5.41) is 4.08. The highest BCUT2D eigenvalue weighted by Crippen LogP contribution is 2.38. The minimum atomic E-state index is -0.0358. The molecule has 2 aromatic heterocycles. The van der Waals surface area contributed by atoms with Gasteiger partial charge in [-0.2, -0.15) is 0 Å². The molecule has 0 saturated carbocycles. The summed E-state index contributed by atoms with van der Waals surface area (Å²) in [5.41, 5.74) is 2.87. The summed E-state index contributed by atoms with van der Waals surface area (Å²) in [6.07, 6.45) is 5.72. The van der Waals surface area contributed by atoms with Gasteiger partial charge in [-0.3, -0.25) is 9.59 Å². The zero-order valence-corrected chi connectivity index (χ0v) is 18.5. The van der Waals surface area contributed by atoms with Crippen LogP contribution in [-0.4, -0.2) is 41.3 Å². The minimum Gasteiger partial charge on any atom is -0.351 e. The maximum atomic E-state index is 12.6. The molecule has 29 heavy (non-hydrogen) atoms. The first-order chi connectivity index (χ1) is 13.8. The molecule has 5 nitrogen and oxygen atoms in total. The van der Waals surface area contributed by atoms with Crippen LogP contribution >= 0.6 is 11.3 Å². The second-order valence-electron chi connectivity index (χ2n) is 9.50. The lowest BCUT2D eigenvalue weighted by atomic mass is 9.71. The van der Waals surface area contributed by atoms with Crippen molar-refractivity contribution in [3.8, 4) is 0 Å². The molecule has 0 aromatic carbocycles. The molecule has 0 spiro atoms. The fourth-order valence-electron chi connectivity index (χ4n) is 4.47. The maximum absolute atomic E-state index is 12.6. The zero-order valence-electron chi connectivity index (χ0n) is 17.7. The molecule has 3 heterocycles. The fraction of sp³-hybridized carbons (Fsp3) is 0.609. The molecule has 2 aromatic rings. The van der Waals surface area contributed by atoms with E-state index in [1.54, 1.807) is 0 Å². The van der Waals surface area contributed by atoms with Crippen LogP contribution in [0.25, 0.3) is 10.2 Å². The number of hydrogen-bond acceptors (Lipinski definition) is 4. The summed E-state index contributed by atoms with van der Waals surface area (Å²) < 4.78 is 0. The van der Waals surface area contributed by atoms with Crippen molar-refractivity contribution in [3.05, 3.63) is 28.3 Å². The highest BCUT2D eigenvalue weighted by atomic mass is 32.1. The van der Waals surface area contributed by atoms with Gasteiger partial charge in [-0.1, -0.05) is 20.8 Å². The molecular weight excluding hydrogens is 382 g/mol. The van der Waals surface area contributed by atoms with Crippen molar-refractivity contribution in [2.45, 2.75) is 59.3 Å². The number of fused-ring (bicyclic) bond motifs is 2. The molecule has 0 bridgehead atoms. The van der Waals surface area contributed by atoms with E-state index in [-0.39, 0.29) is 11.8 Å². The van der Waals surface area contributed by atoms with E-state index in [2.05, 4.69) is 32.2 Å². The van der Waals surface area contributed by atoms with Gasteiger partial charge in [-0.05, 0) is 61.1 Å². The highest BCUT2D eigenvalue weighted by Gasteiger charge is 2.29. The van der Waals surface area contributed by atoms with E-state index in [4.69, 9.17) is 4.98 Å². The molecule has 156 valence electrons. The number of carbonyl (C=O) groups excluding carboxylic acids is 2. The molecular formula is C23H31N3O2S. The summed E-state index contributed by atoms with van der Waals surface area (Å²) >= 11 is 1.48. The fourth-order valence-corrected chi connectivity index (χ4v) is 5.42. The molecule has 1 atom stereocenters. The van der Waals surface area contributed by atoms with Gasteiger partial charge >= 0.3 is 0 Å². The Hall–Kier alpha value is -1.95. The normalized spacial score (nSPS) is 19.6. The second-order valence-corrected chi connectivity index (χ2v) is 10.5. The number of aromatic nitrogens is 1. The molecule has 2 aliphatic rings. The average Bonchev–Trinajstić information content (AvgIpc) is 3.27. The van der Waals surface area contributed by atoms with Crippen molar-refractivity contribution >= 4 is 33.4 Å². The van der Waals surface area contributed by atoms with Crippen LogP contribution in [0.2, 0.25) is 0 Å². The van der Waals surface area contributed by atoms with E-state index in [0.29, 0.717) is 24.3 Å². The molecule has 1 saturated heterocycles. The minimum absolute atomic E-state index is 0.0358. The van der Waals surface area contributed by atoms with Crippen molar-refractivity contribution in [1.82, 2.24) is 15.2 Å². The molecule has 1 aliphatic carbocycles. The third-order valence-electron chi connectivity index (χ3n) is 6.38. The second kappa shape index (κ2) is 8.05. The number of thiophene rings is 1. The number of nitrogens with one attached hydrogen (secondary N) is 1. The van der Waals surface area contributed by atoms with Gasteiger partial charge in [0.25, 0.3) is 5.91 Å². The number of rotatable bonds is 5. The molecule has 1 aliphatic heterocycles. The van der Waals surface area contributed by atoms with E-state index in [1.807, 2.05) is 11.0 Å². The Labute approximate surface area is 176 Å². The van der Waals surface area contributed by atoms with Gasteiger partial charge in [0.2, 0.25) is 5.91 Å². The van der Waals surface area contributed by atoms with Gasteiger partial charge in [0.1, 0.15) is 4.83 Å². The van der Waals surface area contributed by atoms with Crippen LogP contribution in [0.1, 0.15) is 67.4 Å². The van der Waals surface area contributed by atoms with Crippen LogP contribution in [0.3, 0.4) is 0 Å². The number of hydrogen-bond donors (Lipinski definition) is 1. The molecule has 1 unspecified atom stereocenters. The number of amides is 2. The van der Waals surface area contributed by atoms with Crippen LogP contribution in [0.5, 0.6) is 0 Å². The van der Waals surface area contributed by atoms with E-state index in [9.17, 15) is 9.59 Å². The van der Waals surface area contributed by atoms with Crippen LogP contribution < -0.4 is 5.32 Å². The topological polar surface area (TPSA) is 62.3 Å². The first-order valence-corrected chi connectivity index (χ1v) is 11.6. The largest absolute Gasteiger partial charge is 0.351 e.